The SMILES string of the molecule is CC1=NC(O)N(c2cccc(Cl)c2)N1. The van der Waals surface area contributed by atoms with Crippen LogP contribution in [-0.2, 0) is 0 Å². The molecule has 0 saturated heterocycles. The van der Waals surface area contributed by atoms with Crippen LogP contribution in [0.3, 0.4) is 0 Å². The Morgan fingerprint density at radius 2 is 2.36 bits per heavy atom. The van der Waals surface area contributed by atoms with E-state index in [0.29, 0.717) is 10.9 Å². The van der Waals surface area contributed by atoms with Gasteiger partial charge in [-0.25, -0.2) is 10.0 Å². The van der Waals surface area contributed by atoms with Gasteiger partial charge >= 0.3 is 0 Å². The molecule has 74 valence electrons. The van der Waals surface area contributed by atoms with Gasteiger partial charge in [-0.15, -0.1) is 0 Å². The Morgan fingerprint density at radius 3 is 2.93 bits per heavy atom. The van der Waals surface area contributed by atoms with Crippen molar-refractivity contribution in [3.8, 4) is 0 Å². The Kier molecular flexibility index (Phi) is 2.31. The van der Waals surface area contributed by atoms with E-state index in [9.17, 15) is 5.11 Å². The van der Waals surface area contributed by atoms with E-state index >= 15 is 0 Å². The van der Waals surface area contributed by atoms with Crippen molar-refractivity contribution in [2.45, 2.75) is 13.3 Å². The zero-order valence-electron chi connectivity index (χ0n) is 7.61. The third kappa shape index (κ3) is 1.66. The maximum absolute atomic E-state index is 9.54. The first-order valence-corrected chi connectivity index (χ1v) is 4.58. The molecule has 0 radical (unpaired) electrons. The summed E-state index contributed by atoms with van der Waals surface area (Å²) >= 11 is 5.83. The van der Waals surface area contributed by atoms with Crippen molar-refractivity contribution in [2.75, 3.05) is 5.01 Å². The second-order valence-corrected chi connectivity index (χ2v) is 3.46. The molecule has 0 aliphatic carbocycles. The van der Waals surface area contributed by atoms with Crippen LogP contribution < -0.4 is 10.4 Å². The molecule has 0 spiro atoms. The van der Waals surface area contributed by atoms with Crippen LogP contribution in [-0.4, -0.2) is 17.3 Å². The number of halogens is 1. The highest BCUT2D eigenvalue weighted by Gasteiger charge is 2.21. The quantitative estimate of drug-likeness (QED) is 0.738. The summed E-state index contributed by atoms with van der Waals surface area (Å²) < 4.78 is 0. The van der Waals surface area contributed by atoms with Gasteiger partial charge in [-0.05, 0) is 25.1 Å². The predicted molar refractivity (Wildman–Crippen MR) is 56.2 cm³/mol. The van der Waals surface area contributed by atoms with E-state index in [1.165, 1.54) is 0 Å². The van der Waals surface area contributed by atoms with Crippen molar-refractivity contribution in [1.29, 1.82) is 0 Å². The monoisotopic (exact) mass is 211 g/mol. The highest BCUT2D eigenvalue weighted by molar-refractivity contribution is 6.30. The lowest BCUT2D eigenvalue weighted by Crippen LogP contribution is -2.40. The zero-order chi connectivity index (χ0) is 10.1. The molecule has 0 saturated carbocycles. The van der Waals surface area contributed by atoms with Crippen LogP contribution in [0.15, 0.2) is 29.3 Å². The topological polar surface area (TPSA) is 47.9 Å². The summed E-state index contributed by atoms with van der Waals surface area (Å²) in [6.45, 7) is 1.79. The lowest BCUT2D eigenvalue weighted by atomic mass is 10.3. The smallest absolute Gasteiger partial charge is 0.244 e. The standard InChI is InChI=1S/C9H10ClN3O/c1-6-11-9(14)13(12-6)8-4-2-3-7(10)5-8/h2-5,9,14H,1H3,(H,11,12). The number of rotatable bonds is 1. The number of anilines is 1. The van der Waals surface area contributed by atoms with Crippen molar-refractivity contribution in [3.05, 3.63) is 29.3 Å². The predicted octanol–water partition coefficient (Wildman–Crippen LogP) is 1.36. The molecule has 0 aromatic heterocycles. The van der Waals surface area contributed by atoms with E-state index < -0.39 is 6.35 Å². The molecular formula is C9H10ClN3O. The minimum atomic E-state index is -0.881. The normalized spacial score (nSPS) is 20.6. The van der Waals surface area contributed by atoms with Gasteiger partial charge in [0.05, 0.1) is 5.69 Å². The van der Waals surface area contributed by atoms with Crippen LogP contribution in [0.5, 0.6) is 0 Å². The second kappa shape index (κ2) is 3.48. The Morgan fingerprint density at radius 1 is 1.57 bits per heavy atom. The van der Waals surface area contributed by atoms with Crippen LogP contribution in [0, 0.1) is 0 Å². The summed E-state index contributed by atoms with van der Waals surface area (Å²) in [5.74, 6) is 0.678. The molecule has 1 aromatic carbocycles. The summed E-state index contributed by atoms with van der Waals surface area (Å²) in [7, 11) is 0. The van der Waals surface area contributed by atoms with Crippen LogP contribution in [0.2, 0.25) is 5.02 Å². The van der Waals surface area contributed by atoms with Gasteiger partial charge in [-0.2, -0.15) is 0 Å². The maximum Gasteiger partial charge on any atom is 0.244 e. The number of aliphatic imine (C=N–C) groups is 1. The van der Waals surface area contributed by atoms with Gasteiger partial charge < -0.3 is 5.11 Å². The third-order valence-electron chi connectivity index (χ3n) is 1.91. The van der Waals surface area contributed by atoms with E-state index in [0.717, 1.165) is 5.69 Å². The number of hydrogen-bond acceptors (Lipinski definition) is 4. The number of nitrogens with one attached hydrogen (secondary N) is 1. The first kappa shape index (κ1) is 9.30. The molecule has 1 aliphatic heterocycles. The molecule has 0 bridgehead atoms. The van der Waals surface area contributed by atoms with Crippen molar-refractivity contribution in [3.63, 3.8) is 0 Å². The highest BCUT2D eigenvalue weighted by atomic mass is 35.5. The lowest BCUT2D eigenvalue weighted by Gasteiger charge is -2.21. The largest absolute Gasteiger partial charge is 0.354 e. The molecule has 5 heteroatoms. The number of amidine groups is 1. The molecular weight excluding hydrogens is 202 g/mol. The molecule has 0 fully saturated rings. The summed E-state index contributed by atoms with van der Waals surface area (Å²) in [6, 6.07) is 7.20. The molecule has 2 N–H and O–H groups in total. The van der Waals surface area contributed by atoms with Crippen LogP contribution in [0.25, 0.3) is 0 Å². The van der Waals surface area contributed by atoms with E-state index in [-0.39, 0.29) is 0 Å². The summed E-state index contributed by atoms with van der Waals surface area (Å²) in [5.41, 5.74) is 3.70. The van der Waals surface area contributed by atoms with Crippen molar-refractivity contribution < 1.29 is 5.11 Å². The number of aliphatic hydroxyl groups excluding tert-OH is 1. The summed E-state index contributed by atoms with van der Waals surface area (Å²) in [5, 5.41) is 11.7. The number of aliphatic hydroxyl groups is 1. The summed E-state index contributed by atoms with van der Waals surface area (Å²) in [4.78, 5) is 3.92. The zero-order valence-corrected chi connectivity index (χ0v) is 8.36. The number of benzene rings is 1. The Bertz CT molecular complexity index is 380. The molecule has 4 nitrogen and oxygen atoms in total. The van der Waals surface area contributed by atoms with E-state index in [1.54, 1.807) is 24.1 Å². The van der Waals surface area contributed by atoms with Crippen LogP contribution >= 0.6 is 11.6 Å². The molecule has 1 heterocycles. The Balaban J connectivity index is 2.25. The van der Waals surface area contributed by atoms with Gasteiger partial charge in [0, 0.05) is 5.02 Å². The first-order chi connectivity index (χ1) is 6.66. The fourth-order valence-electron chi connectivity index (χ4n) is 1.32. The minimum Gasteiger partial charge on any atom is -0.354 e. The molecule has 2 rings (SSSR count). The number of hydrogen-bond donors (Lipinski definition) is 2. The fraction of sp³-hybridized carbons (Fsp3) is 0.222. The Hall–Kier alpha value is -1.26. The van der Waals surface area contributed by atoms with E-state index in [4.69, 9.17) is 11.6 Å². The average Bonchev–Trinajstić information content (AvgIpc) is 2.45. The Labute approximate surface area is 86.8 Å². The number of nitrogens with zero attached hydrogens (tertiary/aromatic N) is 2. The highest BCUT2D eigenvalue weighted by Crippen LogP contribution is 2.21. The number of hydrazine groups is 1. The molecule has 0 amide bonds. The maximum atomic E-state index is 9.54. The van der Waals surface area contributed by atoms with Gasteiger partial charge in [0.25, 0.3) is 0 Å². The van der Waals surface area contributed by atoms with Gasteiger partial charge in [0.1, 0.15) is 5.84 Å². The molecule has 1 aliphatic rings. The van der Waals surface area contributed by atoms with Gasteiger partial charge in [-0.3, -0.25) is 5.43 Å². The van der Waals surface area contributed by atoms with Gasteiger partial charge in [0.2, 0.25) is 6.35 Å². The van der Waals surface area contributed by atoms with Crippen LogP contribution in [0.1, 0.15) is 6.92 Å². The lowest BCUT2D eigenvalue weighted by molar-refractivity contribution is 0.183. The van der Waals surface area contributed by atoms with Crippen LogP contribution in [0.4, 0.5) is 5.69 Å². The minimum absolute atomic E-state index is 0.626. The fourth-order valence-corrected chi connectivity index (χ4v) is 1.50. The van der Waals surface area contributed by atoms with Crippen molar-refractivity contribution >= 4 is 23.1 Å². The van der Waals surface area contributed by atoms with E-state index in [1.807, 2.05) is 12.1 Å². The molecule has 14 heavy (non-hydrogen) atoms. The summed E-state index contributed by atoms with van der Waals surface area (Å²) in [6.07, 6.45) is -0.881. The molecule has 1 atom stereocenters. The van der Waals surface area contributed by atoms with Crippen molar-refractivity contribution in [1.82, 2.24) is 5.43 Å². The van der Waals surface area contributed by atoms with Crippen molar-refractivity contribution in [2.24, 2.45) is 4.99 Å². The molecule has 1 aromatic rings. The average molecular weight is 212 g/mol. The first-order valence-electron chi connectivity index (χ1n) is 4.21. The van der Waals surface area contributed by atoms with Gasteiger partial charge in [0.15, 0.2) is 0 Å². The van der Waals surface area contributed by atoms with E-state index in [2.05, 4.69) is 10.4 Å². The second-order valence-electron chi connectivity index (χ2n) is 3.02. The third-order valence-corrected chi connectivity index (χ3v) is 2.14. The molecule has 1 unspecified atom stereocenters. The van der Waals surface area contributed by atoms with Gasteiger partial charge in [-0.1, -0.05) is 17.7 Å².